The van der Waals surface area contributed by atoms with Crippen LogP contribution in [-0.4, -0.2) is 6.54 Å². The second kappa shape index (κ2) is 4.47. The van der Waals surface area contributed by atoms with E-state index >= 15 is 0 Å². The van der Waals surface area contributed by atoms with Crippen LogP contribution >= 0.6 is 33.9 Å². The summed E-state index contributed by atoms with van der Waals surface area (Å²) in [6, 6.07) is 11.4. The molecule has 1 aromatic carbocycles. The highest BCUT2D eigenvalue weighted by atomic mass is 127. The molecular formula is C13H12INS. The van der Waals surface area contributed by atoms with Gasteiger partial charge in [0.05, 0.1) is 6.04 Å². The summed E-state index contributed by atoms with van der Waals surface area (Å²) >= 11 is 4.24. The zero-order valence-electron chi connectivity index (χ0n) is 8.74. The lowest BCUT2D eigenvalue weighted by atomic mass is 9.98. The van der Waals surface area contributed by atoms with Crippen LogP contribution in [0.2, 0.25) is 0 Å². The summed E-state index contributed by atoms with van der Waals surface area (Å²) < 4.78 is 1.31. The number of benzene rings is 1. The summed E-state index contributed by atoms with van der Waals surface area (Å²) in [7, 11) is 0. The molecule has 0 fully saturated rings. The van der Waals surface area contributed by atoms with Crippen molar-refractivity contribution < 1.29 is 0 Å². The normalized spacial score (nSPS) is 19.4. The van der Waals surface area contributed by atoms with Crippen molar-refractivity contribution >= 4 is 33.9 Å². The maximum atomic E-state index is 3.61. The molecule has 3 heteroatoms. The van der Waals surface area contributed by atoms with E-state index in [0.29, 0.717) is 6.04 Å². The third-order valence-electron chi connectivity index (χ3n) is 2.97. The van der Waals surface area contributed by atoms with Gasteiger partial charge in [-0.15, -0.1) is 11.3 Å². The average molecular weight is 341 g/mol. The van der Waals surface area contributed by atoms with Gasteiger partial charge in [0.1, 0.15) is 0 Å². The van der Waals surface area contributed by atoms with E-state index < -0.39 is 0 Å². The van der Waals surface area contributed by atoms with E-state index in [4.69, 9.17) is 0 Å². The van der Waals surface area contributed by atoms with Crippen LogP contribution in [0.4, 0.5) is 0 Å². The van der Waals surface area contributed by atoms with E-state index in [9.17, 15) is 0 Å². The summed E-state index contributed by atoms with van der Waals surface area (Å²) in [6.45, 7) is 1.08. The Hall–Kier alpha value is -0.390. The van der Waals surface area contributed by atoms with Crippen molar-refractivity contribution in [1.82, 2.24) is 5.32 Å². The Morgan fingerprint density at radius 1 is 1.31 bits per heavy atom. The highest BCUT2D eigenvalue weighted by Crippen LogP contribution is 2.33. The highest BCUT2D eigenvalue weighted by molar-refractivity contribution is 14.1. The SMILES string of the molecule is Ic1cccc(C2NCCc3ccsc32)c1. The van der Waals surface area contributed by atoms with Crippen LogP contribution in [0, 0.1) is 3.57 Å². The number of rotatable bonds is 1. The second-order valence-corrected chi connectivity index (χ2v) is 6.20. The minimum Gasteiger partial charge on any atom is -0.305 e. The maximum Gasteiger partial charge on any atom is 0.0674 e. The molecule has 0 saturated carbocycles. The Bertz CT molecular complexity index is 506. The fourth-order valence-corrected chi connectivity index (χ4v) is 3.83. The third kappa shape index (κ3) is 1.92. The molecule has 1 aromatic heterocycles. The lowest BCUT2D eigenvalue weighted by Gasteiger charge is -2.24. The van der Waals surface area contributed by atoms with Gasteiger partial charge in [-0.05, 0) is 63.7 Å². The minimum atomic E-state index is 0.401. The van der Waals surface area contributed by atoms with E-state index in [1.165, 1.54) is 26.0 Å². The first kappa shape index (κ1) is 10.7. The Kier molecular flexibility index (Phi) is 3.00. The molecule has 3 rings (SSSR count). The molecular weight excluding hydrogens is 329 g/mol. The molecule has 16 heavy (non-hydrogen) atoms. The van der Waals surface area contributed by atoms with Gasteiger partial charge in [0, 0.05) is 15.0 Å². The standard InChI is InChI=1S/C13H12INS/c14-11-3-1-2-10(8-11)12-13-9(4-6-15-12)5-7-16-13/h1-3,5,7-8,12,15H,4,6H2. The van der Waals surface area contributed by atoms with Crippen LogP contribution in [0.5, 0.6) is 0 Å². The smallest absolute Gasteiger partial charge is 0.0674 e. The van der Waals surface area contributed by atoms with Crippen LogP contribution in [0.1, 0.15) is 22.0 Å². The van der Waals surface area contributed by atoms with Gasteiger partial charge in [-0.25, -0.2) is 0 Å². The van der Waals surface area contributed by atoms with Crippen LogP contribution < -0.4 is 5.32 Å². The molecule has 0 spiro atoms. The summed E-state index contributed by atoms with van der Waals surface area (Å²) in [4.78, 5) is 1.49. The van der Waals surface area contributed by atoms with E-state index in [-0.39, 0.29) is 0 Å². The molecule has 0 amide bonds. The number of fused-ring (bicyclic) bond motifs is 1. The Morgan fingerprint density at radius 2 is 2.25 bits per heavy atom. The molecule has 1 aliphatic heterocycles. The largest absolute Gasteiger partial charge is 0.305 e. The lowest BCUT2D eigenvalue weighted by Crippen LogP contribution is -2.29. The summed E-state index contributed by atoms with van der Waals surface area (Å²) in [6.07, 6.45) is 1.17. The minimum absolute atomic E-state index is 0.401. The quantitative estimate of drug-likeness (QED) is 0.782. The molecule has 2 heterocycles. The molecule has 1 N–H and O–H groups in total. The van der Waals surface area contributed by atoms with E-state index in [0.717, 1.165) is 6.54 Å². The topological polar surface area (TPSA) is 12.0 Å². The second-order valence-electron chi connectivity index (χ2n) is 4.00. The summed E-state index contributed by atoms with van der Waals surface area (Å²) in [5.41, 5.74) is 2.91. The monoisotopic (exact) mass is 341 g/mol. The molecule has 1 aliphatic rings. The molecule has 0 aliphatic carbocycles. The highest BCUT2D eigenvalue weighted by Gasteiger charge is 2.22. The number of thiophene rings is 1. The lowest BCUT2D eigenvalue weighted by molar-refractivity contribution is 0.578. The van der Waals surface area contributed by atoms with Crippen LogP contribution in [0.25, 0.3) is 0 Å². The van der Waals surface area contributed by atoms with Gasteiger partial charge >= 0.3 is 0 Å². The van der Waals surface area contributed by atoms with Crippen molar-refractivity contribution in [2.75, 3.05) is 6.54 Å². The maximum absolute atomic E-state index is 3.61. The molecule has 0 bridgehead atoms. The van der Waals surface area contributed by atoms with Gasteiger partial charge in [-0.1, -0.05) is 12.1 Å². The number of halogens is 1. The van der Waals surface area contributed by atoms with Gasteiger partial charge in [0.2, 0.25) is 0 Å². The van der Waals surface area contributed by atoms with Gasteiger partial charge in [-0.2, -0.15) is 0 Å². The van der Waals surface area contributed by atoms with Crippen molar-refractivity contribution in [1.29, 1.82) is 0 Å². The number of nitrogens with one attached hydrogen (secondary N) is 1. The first-order chi connectivity index (χ1) is 7.84. The molecule has 0 radical (unpaired) electrons. The van der Waals surface area contributed by atoms with Crippen LogP contribution in [-0.2, 0) is 6.42 Å². The van der Waals surface area contributed by atoms with Gasteiger partial charge in [0.25, 0.3) is 0 Å². The number of hydrogen-bond donors (Lipinski definition) is 1. The van der Waals surface area contributed by atoms with E-state index in [1.807, 2.05) is 11.3 Å². The van der Waals surface area contributed by atoms with Crippen LogP contribution in [0.15, 0.2) is 35.7 Å². The van der Waals surface area contributed by atoms with Gasteiger partial charge in [-0.3, -0.25) is 0 Å². The summed E-state index contributed by atoms with van der Waals surface area (Å²) in [5, 5.41) is 5.82. The van der Waals surface area contributed by atoms with Crippen molar-refractivity contribution in [2.45, 2.75) is 12.5 Å². The summed E-state index contributed by atoms with van der Waals surface area (Å²) in [5.74, 6) is 0. The van der Waals surface area contributed by atoms with E-state index in [2.05, 4.69) is 63.6 Å². The zero-order chi connectivity index (χ0) is 11.0. The molecule has 82 valence electrons. The Morgan fingerprint density at radius 3 is 3.12 bits per heavy atom. The molecule has 1 nitrogen and oxygen atoms in total. The first-order valence-corrected chi connectivity index (χ1v) is 7.35. The van der Waals surface area contributed by atoms with Crippen molar-refractivity contribution in [3.8, 4) is 0 Å². The fraction of sp³-hybridized carbons (Fsp3) is 0.231. The average Bonchev–Trinajstić information content (AvgIpc) is 2.76. The molecule has 2 aromatic rings. The van der Waals surface area contributed by atoms with Crippen molar-refractivity contribution in [3.63, 3.8) is 0 Å². The van der Waals surface area contributed by atoms with Crippen LogP contribution in [0.3, 0.4) is 0 Å². The van der Waals surface area contributed by atoms with Gasteiger partial charge < -0.3 is 5.32 Å². The Labute approximate surface area is 113 Å². The third-order valence-corrected chi connectivity index (χ3v) is 4.66. The van der Waals surface area contributed by atoms with Crippen molar-refractivity contribution in [3.05, 3.63) is 55.3 Å². The molecule has 1 unspecified atom stereocenters. The van der Waals surface area contributed by atoms with Gasteiger partial charge in [0.15, 0.2) is 0 Å². The Balaban J connectivity index is 2.04. The van der Waals surface area contributed by atoms with Crippen molar-refractivity contribution in [2.24, 2.45) is 0 Å². The number of hydrogen-bond acceptors (Lipinski definition) is 2. The fourth-order valence-electron chi connectivity index (χ4n) is 2.21. The predicted octanol–water partition coefficient (Wildman–Crippen LogP) is 3.59. The molecule has 0 saturated heterocycles. The predicted molar refractivity (Wildman–Crippen MR) is 77.0 cm³/mol. The first-order valence-electron chi connectivity index (χ1n) is 5.40. The van der Waals surface area contributed by atoms with E-state index in [1.54, 1.807) is 0 Å². The zero-order valence-corrected chi connectivity index (χ0v) is 11.7. The molecule has 1 atom stereocenters.